The minimum atomic E-state index is -0.337. The van der Waals surface area contributed by atoms with Crippen LogP contribution in [-0.2, 0) is 11.3 Å². The number of benzene rings is 1. The van der Waals surface area contributed by atoms with Gasteiger partial charge in [-0.25, -0.2) is 0 Å². The van der Waals surface area contributed by atoms with Crippen LogP contribution in [0.5, 0.6) is 0 Å². The molecule has 6 heteroatoms. The third-order valence-corrected chi connectivity index (χ3v) is 3.83. The predicted molar refractivity (Wildman–Crippen MR) is 76.0 cm³/mol. The van der Waals surface area contributed by atoms with Crippen LogP contribution in [0.1, 0.15) is 18.4 Å². The second-order valence-corrected chi connectivity index (χ2v) is 5.63. The van der Waals surface area contributed by atoms with E-state index in [0.29, 0.717) is 12.5 Å². The van der Waals surface area contributed by atoms with E-state index < -0.39 is 0 Å². The summed E-state index contributed by atoms with van der Waals surface area (Å²) in [6, 6.07) is 5.17. The fraction of sp³-hybridized carbons (Fsp3) is 0.538. The van der Waals surface area contributed by atoms with Crippen LogP contribution in [0.15, 0.2) is 22.7 Å². The average Bonchev–Trinajstić information content (AvgIpc) is 2.41. The van der Waals surface area contributed by atoms with E-state index in [1.807, 2.05) is 6.07 Å². The lowest BCUT2D eigenvalue weighted by molar-refractivity contribution is -0.385. The quantitative estimate of drug-likeness (QED) is 0.666. The van der Waals surface area contributed by atoms with Gasteiger partial charge in [0.1, 0.15) is 0 Å². The Balaban J connectivity index is 1.89. The van der Waals surface area contributed by atoms with Gasteiger partial charge < -0.3 is 10.1 Å². The van der Waals surface area contributed by atoms with Gasteiger partial charge in [0.2, 0.25) is 0 Å². The third-order valence-electron chi connectivity index (χ3n) is 3.33. The van der Waals surface area contributed by atoms with Crippen LogP contribution >= 0.6 is 15.9 Å². The van der Waals surface area contributed by atoms with Crippen molar-refractivity contribution >= 4 is 21.6 Å². The lowest BCUT2D eigenvalue weighted by Crippen LogP contribution is -2.27. The maximum Gasteiger partial charge on any atom is 0.275 e. The van der Waals surface area contributed by atoms with Gasteiger partial charge in [0.05, 0.1) is 4.92 Å². The van der Waals surface area contributed by atoms with Crippen LogP contribution in [0.2, 0.25) is 0 Å². The van der Waals surface area contributed by atoms with E-state index in [0.717, 1.165) is 42.6 Å². The SMILES string of the molecule is O=[N+]([O-])c1cc(Br)ccc1CNCC1CCOCC1. The largest absolute Gasteiger partial charge is 0.381 e. The molecule has 2 rings (SSSR count). The summed E-state index contributed by atoms with van der Waals surface area (Å²) in [5.41, 5.74) is 0.883. The number of nitro groups is 1. The van der Waals surface area contributed by atoms with Crippen LogP contribution in [0.4, 0.5) is 5.69 Å². The number of hydrogen-bond acceptors (Lipinski definition) is 4. The molecule has 1 fully saturated rings. The van der Waals surface area contributed by atoms with Gasteiger partial charge >= 0.3 is 0 Å². The topological polar surface area (TPSA) is 64.4 Å². The van der Waals surface area contributed by atoms with Gasteiger partial charge in [0, 0.05) is 35.9 Å². The fourth-order valence-corrected chi connectivity index (χ4v) is 2.57. The minimum absolute atomic E-state index is 0.161. The van der Waals surface area contributed by atoms with Gasteiger partial charge in [-0.1, -0.05) is 15.9 Å². The first-order valence-corrected chi connectivity index (χ1v) is 7.17. The van der Waals surface area contributed by atoms with E-state index in [9.17, 15) is 10.1 Å². The molecule has 5 nitrogen and oxygen atoms in total. The summed E-state index contributed by atoms with van der Waals surface area (Å²) in [5.74, 6) is 0.614. The minimum Gasteiger partial charge on any atom is -0.381 e. The molecule has 1 heterocycles. The summed E-state index contributed by atoms with van der Waals surface area (Å²) in [4.78, 5) is 10.6. The molecule has 1 aromatic carbocycles. The Morgan fingerprint density at radius 3 is 2.84 bits per heavy atom. The maximum absolute atomic E-state index is 11.0. The normalized spacial score (nSPS) is 16.5. The Morgan fingerprint density at radius 1 is 1.42 bits per heavy atom. The first-order valence-electron chi connectivity index (χ1n) is 6.38. The number of nitrogens with one attached hydrogen (secondary N) is 1. The number of nitrogens with zero attached hydrogens (tertiary/aromatic N) is 1. The molecule has 0 saturated carbocycles. The molecular formula is C13H17BrN2O3. The Hall–Kier alpha value is -0.980. The van der Waals surface area contributed by atoms with Crippen molar-refractivity contribution in [3.05, 3.63) is 38.3 Å². The monoisotopic (exact) mass is 328 g/mol. The molecule has 0 spiro atoms. The second kappa shape index (κ2) is 6.98. The maximum atomic E-state index is 11.0. The molecule has 0 aliphatic carbocycles. The van der Waals surface area contributed by atoms with E-state index in [1.165, 1.54) is 0 Å². The summed E-state index contributed by atoms with van der Waals surface area (Å²) >= 11 is 3.26. The van der Waals surface area contributed by atoms with Crippen LogP contribution in [0.3, 0.4) is 0 Å². The van der Waals surface area contributed by atoms with Gasteiger partial charge in [0.25, 0.3) is 5.69 Å². The van der Waals surface area contributed by atoms with E-state index >= 15 is 0 Å². The Morgan fingerprint density at radius 2 is 2.16 bits per heavy atom. The molecule has 1 saturated heterocycles. The van der Waals surface area contributed by atoms with Crippen molar-refractivity contribution in [3.63, 3.8) is 0 Å². The molecule has 0 bridgehead atoms. The summed E-state index contributed by atoms with van der Waals surface area (Å²) in [5, 5.41) is 14.3. The van der Waals surface area contributed by atoms with Crippen molar-refractivity contribution in [1.29, 1.82) is 0 Å². The number of halogens is 1. The molecular weight excluding hydrogens is 312 g/mol. The third kappa shape index (κ3) is 4.26. The molecule has 0 aromatic heterocycles. The second-order valence-electron chi connectivity index (χ2n) is 4.72. The Kier molecular flexibility index (Phi) is 5.30. The molecule has 1 aliphatic rings. The summed E-state index contributed by atoms with van der Waals surface area (Å²) in [6.45, 7) is 3.06. The molecule has 1 N–H and O–H groups in total. The van der Waals surface area contributed by atoms with Crippen LogP contribution in [0, 0.1) is 16.0 Å². The summed E-state index contributed by atoms with van der Waals surface area (Å²) in [7, 11) is 0. The Bertz CT molecular complexity index is 448. The van der Waals surface area contributed by atoms with Crippen LogP contribution in [-0.4, -0.2) is 24.7 Å². The van der Waals surface area contributed by atoms with Gasteiger partial charge in [-0.05, 0) is 37.4 Å². The lowest BCUT2D eigenvalue weighted by Gasteiger charge is -2.22. The molecule has 0 amide bonds. The van der Waals surface area contributed by atoms with Crippen LogP contribution < -0.4 is 5.32 Å². The highest BCUT2D eigenvalue weighted by Gasteiger charge is 2.16. The van der Waals surface area contributed by atoms with Crippen molar-refractivity contribution in [2.24, 2.45) is 5.92 Å². The lowest BCUT2D eigenvalue weighted by atomic mass is 10.0. The highest BCUT2D eigenvalue weighted by Crippen LogP contribution is 2.23. The van der Waals surface area contributed by atoms with Gasteiger partial charge in [-0.3, -0.25) is 10.1 Å². The summed E-state index contributed by atoms with van der Waals surface area (Å²) in [6.07, 6.45) is 2.13. The molecule has 1 aliphatic heterocycles. The first-order chi connectivity index (χ1) is 9.16. The van der Waals surface area contributed by atoms with Gasteiger partial charge in [-0.15, -0.1) is 0 Å². The molecule has 19 heavy (non-hydrogen) atoms. The number of nitro benzene ring substituents is 1. The zero-order valence-corrected chi connectivity index (χ0v) is 12.2. The number of hydrogen-bond donors (Lipinski definition) is 1. The van der Waals surface area contributed by atoms with Crippen LogP contribution in [0.25, 0.3) is 0 Å². The smallest absolute Gasteiger partial charge is 0.275 e. The first kappa shape index (κ1) is 14.4. The average molecular weight is 329 g/mol. The van der Waals surface area contributed by atoms with E-state index in [-0.39, 0.29) is 10.6 Å². The van der Waals surface area contributed by atoms with Crippen molar-refractivity contribution in [2.45, 2.75) is 19.4 Å². The molecule has 104 valence electrons. The van der Waals surface area contributed by atoms with Crippen molar-refractivity contribution in [2.75, 3.05) is 19.8 Å². The number of rotatable bonds is 5. The molecule has 0 radical (unpaired) electrons. The Labute approximate surface area is 120 Å². The zero-order chi connectivity index (χ0) is 13.7. The molecule has 1 aromatic rings. The van der Waals surface area contributed by atoms with Crippen molar-refractivity contribution in [3.8, 4) is 0 Å². The van der Waals surface area contributed by atoms with E-state index in [1.54, 1.807) is 12.1 Å². The van der Waals surface area contributed by atoms with Crippen molar-refractivity contribution < 1.29 is 9.66 Å². The summed E-state index contributed by atoms with van der Waals surface area (Å²) < 4.78 is 6.03. The zero-order valence-electron chi connectivity index (χ0n) is 10.6. The fourth-order valence-electron chi connectivity index (χ4n) is 2.22. The van der Waals surface area contributed by atoms with Gasteiger partial charge in [0.15, 0.2) is 0 Å². The van der Waals surface area contributed by atoms with E-state index in [2.05, 4.69) is 21.2 Å². The van der Waals surface area contributed by atoms with E-state index in [4.69, 9.17) is 4.74 Å². The molecule has 0 atom stereocenters. The molecule has 0 unspecified atom stereocenters. The highest BCUT2D eigenvalue weighted by molar-refractivity contribution is 9.10. The number of ether oxygens (including phenoxy) is 1. The standard InChI is InChI=1S/C13H17BrN2O3/c14-12-2-1-11(13(7-12)16(17)18)9-15-8-10-3-5-19-6-4-10/h1-2,7,10,15H,3-6,8-9H2. The van der Waals surface area contributed by atoms with Gasteiger partial charge in [-0.2, -0.15) is 0 Å². The van der Waals surface area contributed by atoms with Crippen molar-refractivity contribution in [1.82, 2.24) is 5.32 Å². The predicted octanol–water partition coefficient (Wildman–Crippen LogP) is 2.87. The highest BCUT2D eigenvalue weighted by atomic mass is 79.9.